The minimum Gasteiger partial charge on any atom is -0.396 e. The molecule has 0 amide bonds. The van der Waals surface area contributed by atoms with E-state index < -0.39 is 11.6 Å². The SMILES string of the molecule is Nc1cnc2cc(Cl)nn2c1C1(C(F)(F)F)CC1. The summed E-state index contributed by atoms with van der Waals surface area (Å²) in [4.78, 5) is 3.91. The van der Waals surface area contributed by atoms with E-state index in [-0.39, 0.29) is 35.0 Å². The van der Waals surface area contributed by atoms with Crippen molar-refractivity contribution in [2.24, 2.45) is 0 Å². The van der Waals surface area contributed by atoms with Gasteiger partial charge in [-0.15, -0.1) is 0 Å². The number of alkyl halides is 3. The predicted octanol–water partition coefficient (Wildman–Crippen LogP) is 2.56. The molecule has 0 unspecified atom stereocenters. The van der Waals surface area contributed by atoms with Crippen LogP contribution in [0.1, 0.15) is 18.5 Å². The van der Waals surface area contributed by atoms with Crippen molar-refractivity contribution < 1.29 is 13.2 Å². The summed E-state index contributed by atoms with van der Waals surface area (Å²) in [5.74, 6) is 0. The Balaban J connectivity index is 2.32. The monoisotopic (exact) mass is 276 g/mol. The molecule has 2 aromatic rings. The van der Waals surface area contributed by atoms with Crippen LogP contribution >= 0.6 is 11.6 Å². The van der Waals surface area contributed by atoms with Gasteiger partial charge in [0.05, 0.1) is 17.6 Å². The van der Waals surface area contributed by atoms with Crippen molar-refractivity contribution in [1.29, 1.82) is 0 Å². The van der Waals surface area contributed by atoms with Gasteiger partial charge in [0.1, 0.15) is 5.41 Å². The van der Waals surface area contributed by atoms with E-state index in [9.17, 15) is 13.2 Å². The first-order valence-electron chi connectivity index (χ1n) is 5.22. The summed E-state index contributed by atoms with van der Waals surface area (Å²) in [7, 11) is 0. The van der Waals surface area contributed by atoms with Crippen LogP contribution in [0.3, 0.4) is 0 Å². The third kappa shape index (κ3) is 1.40. The van der Waals surface area contributed by atoms with Gasteiger partial charge in [-0.2, -0.15) is 18.3 Å². The molecule has 2 N–H and O–H groups in total. The maximum atomic E-state index is 13.1. The van der Waals surface area contributed by atoms with Crippen LogP contribution in [0.15, 0.2) is 12.3 Å². The summed E-state index contributed by atoms with van der Waals surface area (Å²) in [6, 6.07) is 1.40. The number of nitrogens with zero attached hydrogens (tertiary/aromatic N) is 3. The fraction of sp³-hybridized carbons (Fsp3) is 0.400. The smallest absolute Gasteiger partial charge is 0.396 e. The molecule has 2 aromatic heterocycles. The van der Waals surface area contributed by atoms with Crippen molar-refractivity contribution in [2.75, 3.05) is 5.73 Å². The third-order valence-electron chi connectivity index (χ3n) is 3.23. The summed E-state index contributed by atoms with van der Waals surface area (Å²) in [5.41, 5.74) is 3.93. The van der Waals surface area contributed by atoms with Crippen molar-refractivity contribution in [1.82, 2.24) is 14.6 Å². The predicted molar refractivity (Wildman–Crippen MR) is 59.4 cm³/mol. The summed E-state index contributed by atoms with van der Waals surface area (Å²) in [6.45, 7) is 0. The molecule has 0 radical (unpaired) electrons. The van der Waals surface area contributed by atoms with E-state index in [0.717, 1.165) is 4.52 Å². The number of nitrogen functional groups attached to an aromatic ring is 1. The molecule has 8 heteroatoms. The molecule has 1 fully saturated rings. The Morgan fingerprint density at radius 3 is 2.61 bits per heavy atom. The second-order valence-electron chi connectivity index (χ2n) is 4.38. The van der Waals surface area contributed by atoms with Gasteiger partial charge in [-0.25, -0.2) is 9.50 Å². The fourth-order valence-electron chi connectivity index (χ4n) is 2.18. The number of hydrogen-bond donors (Lipinski definition) is 1. The van der Waals surface area contributed by atoms with Gasteiger partial charge in [-0.1, -0.05) is 11.6 Å². The Hall–Kier alpha value is -1.50. The second kappa shape index (κ2) is 3.28. The molecule has 0 spiro atoms. The molecule has 1 saturated carbocycles. The minimum absolute atomic E-state index is 0.0112. The lowest BCUT2D eigenvalue weighted by Crippen LogP contribution is -2.32. The lowest BCUT2D eigenvalue weighted by Gasteiger charge is -2.21. The van der Waals surface area contributed by atoms with Crippen molar-refractivity contribution in [3.8, 4) is 0 Å². The van der Waals surface area contributed by atoms with E-state index in [1.807, 2.05) is 0 Å². The van der Waals surface area contributed by atoms with Crippen LogP contribution in [0.2, 0.25) is 5.15 Å². The number of nitrogens with two attached hydrogens (primary N) is 1. The highest BCUT2D eigenvalue weighted by Gasteiger charge is 2.66. The quantitative estimate of drug-likeness (QED) is 0.871. The van der Waals surface area contributed by atoms with Gasteiger partial charge in [0.25, 0.3) is 0 Å². The summed E-state index contributed by atoms with van der Waals surface area (Å²) < 4.78 is 40.5. The standard InChI is InChI=1S/C10H8ClF3N4/c11-6-3-7-16-4-5(15)8(18(7)17-6)9(1-2-9)10(12,13)14/h3-4H,1-2,15H2. The van der Waals surface area contributed by atoms with E-state index in [0.29, 0.717) is 0 Å². The zero-order valence-corrected chi connectivity index (χ0v) is 9.76. The Labute approximate surface area is 105 Å². The third-order valence-corrected chi connectivity index (χ3v) is 3.41. The summed E-state index contributed by atoms with van der Waals surface area (Å²) in [6.07, 6.45) is -3.11. The normalized spacial score (nSPS) is 18.2. The van der Waals surface area contributed by atoms with Gasteiger partial charge in [-0.3, -0.25) is 0 Å². The first-order valence-corrected chi connectivity index (χ1v) is 5.60. The molecule has 0 aromatic carbocycles. The van der Waals surface area contributed by atoms with Gasteiger partial charge < -0.3 is 5.73 Å². The zero-order chi connectivity index (χ0) is 13.1. The van der Waals surface area contributed by atoms with Crippen molar-refractivity contribution in [2.45, 2.75) is 24.4 Å². The average molecular weight is 277 g/mol. The molecule has 0 bridgehead atoms. The van der Waals surface area contributed by atoms with Crippen LogP contribution in [-0.2, 0) is 5.41 Å². The number of rotatable bonds is 1. The molecule has 1 aliphatic carbocycles. The number of halogens is 4. The van der Waals surface area contributed by atoms with Crippen LogP contribution < -0.4 is 5.73 Å². The molecule has 4 nitrogen and oxygen atoms in total. The van der Waals surface area contributed by atoms with E-state index in [4.69, 9.17) is 17.3 Å². The summed E-state index contributed by atoms with van der Waals surface area (Å²) >= 11 is 5.70. The molecular formula is C10H8ClF3N4. The Morgan fingerprint density at radius 2 is 2.06 bits per heavy atom. The minimum atomic E-state index is -4.35. The molecule has 3 rings (SSSR count). The van der Waals surface area contributed by atoms with Crippen molar-refractivity contribution >= 4 is 22.9 Å². The molecular weight excluding hydrogens is 269 g/mol. The average Bonchev–Trinajstić information content (AvgIpc) is 2.95. The second-order valence-corrected chi connectivity index (χ2v) is 4.77. The highest BCUT2D eigenvalue weighted by molar-refractivity contribution is 6.29. The van der Waals surface area contributed by atoms with Gasteiger partial charge in [0.2, 0.25) is 0 Å². The maximum absolute atomic E-state index is 13.1. The maximum Gasteiger partial charge on any atom is 0.400 e. The fourth-order valence-corrected chi connectivity index (χ4v) is 2.35. The van der Waals surface area contributed by atoms with Gasteiger partial charge in [0.15, 0.2) is 10.8 Å². The highest BCUT2D eigenvalue weighted by atomic mass is 35.5. The van der Waals surface area contributed by atoms with Gasteiger partial charge >= 0.3 is 6.18 Å². The van der Waals surface area contributed by atoms with Crippen LogP contribution in [-0.4, -0.2) is 20.8 Å². The first kappa shape index (κ1) is 11.6. The lowest BCUT2D eigenvalue weighted by molar-refractivity contribution is -0.161. The van der Waals surface area contributed by atoms with Gasteiger partial charge in [0, 0.05) is 6.07 Å². The van der Waals surface area contributed by atoms with Gasteiger partial charge in [-0.05, 0) is 12.8 Å². The highest BCUT2D eigenvalue weighted by Crippen LogP contribution is 2.59. The zero-order valence-electron chi connectivity index (χ0n) is 9.00. The van der Waals surface area contributed by atoms with E-state index in [2.05, 4.69) is 10.1 Å². The number of fused-ring (bicyclic) bond motifs is 1. The Bertz CT molecular complexity index is 630. The molecule has 1 aliphatic rings. The van der Waals surface area contributed by atoms with E-state index >= 15 is 0 Å². The van der Waals surface area contributed by atoms with Crippen LogP contribution in [0.5, 0.6) is 0 Å². The molecule has 0 atom stereocenters. The largest absolute Gasteiger partial charge is 0.400 e. The molecule has 96 valence electrons. The molecule has 0 saturated heterocycles. The topological polar surface area (TPSA) is 56.2 Å². The lowest BCUT2D eigenvalue weighted by atomic mass is 10.00. The van der Waals surface area contributed by atoms with Crippen molar-refractivity contribution in [3.05, 3.63) is 23.1 Å². The Morgan fingerprint density at radius 1 is 1.39 bits per heavy atom. The van der Waals surface area contributed by atoms with Crippen LogP contribution in [0.4, 0.5) is 18.9 Å². The number of aromatic nitrogens is 3. The van der Waals surface area contributed by atoms with Crippen LogP contribution in [0.25, 0.3) is 5.65 Å². The van der Waals surface area contributed by atoms with E-state index in [1.165, 1.54) is 12.3 Å². The van der Waals surface area contributed by atoms with Crippen LogP contribution in [0, 0.1) is 0 Å². The number of anilines is 1. The first-order chi connectivity index (χ1) is 8.35. The molecule has 18 heavy (non-hydrogen) atoms. The van der Waals surface area contributed by atoms with Crippen molar-refractivity contribution in [3.63, 3.8) is 0 Å². The molecule has 0 aliphatic heterocycles. The molecule has 2 heterocycles. The number of hydrogen-bond acceptors (Lipinski definition) is 3. The summed E-state index contributed by atoms with van der Waals surface area (Å²) in [5, 5.41) is 3.92. The Kier molecular flexibility index (Phi) is 2.11. The van der Waals surface area contributed by atoms with E-state index in [1.54, 1.807) is 0 Å².